The van der Waals surface area contributed by atoms with Crippen molar-refractivity contribution in [3.8, 4) is 0 Å². The summed E-state index contributed by atoms with van der Waals surface area (Å²) in [5.41, 5.74) is 16.0. The molecule has 142 valence electrons. The highest BCUT2D eigenvalue weighted by atomic mass is 16.1. The van der Waals surface area contributed by atoms with Crippen molar-refractivity contribution in [1.29, 1.82) is 0 Å². The first-order valence-corrected chi connectivity index (χ1v) is 9.38. The first kappa shape index (κ1) is 19.4. The lowest BCUT2D eigenvalue weighted by atomic mass is 9.91. The largest absolute Gasteiger partial charge is 0.366 e. The number of hydrogen-bond acceptors (Lipinski definition) is 2. The van der Waals surface area contributed by atoms with E-state index in [9.17, 15) is 9.59 Å². The van der Waals surface area contributed by atoms with Crippen molar-refractivity contribution in [3.05, 3.63) is 106 Å². The zero-order chi connectivity index (χ0) is 19.9. The number of hydrogen-bond donors (Lipinski definition) is 2. The lowest BCUT2D eigenvalue weighted by molar-refractivity contribution is 0.0998. The van der Waals surface area contributed by atoms with Gasteiger partial charge in [-0.05, 0) is 54.0 Å². The predicted octanol–water partition coefficient (Wildman–Crippen LogP) is 3.45. The number of carbonyl (C=O) groups excluding carboxylic acids is 2. The minimum absolute atomic E-state index is 0.369. The predicted molar refractivity (Wildman–Crippen MR) is 111 cm³/mol. The van der Waals surface area contributed by atoms with Gasteiger partial charge in [-0.2, -0.15) is 0 Å². The Kier molecular flexibility index (Phi) is 6.22. The molecule has 4 heteroatoms. The second-order valence-corrected chi connectivity index (χ2v) is 6.87. The summed E-state index contributed by atoms with van der Waals surface area (Å²) >= 11 is 0. The SMILES string of the molecule is NC(=O)c1cc(C(N)=O)c(CCc2ccccc2)cc1CCc1ccccc1. The summed E-state index contributed by atoms with van der Waals surface area (Å²) in [7, 11) is 0. The maximum Gasteiger partial charge on any atom is 0.249 e. The first-order chi connectivity index (χ1) is 13.5. The Morgan fingerprint density at radius 3 is 1.32 bits per heavy atom. The van der Waals surface area contributed by atoms with E-state index in [0.717, 1.165) is 24.0 Å². The number of amides is 2. The van der Waals surface area contributed by atoms with Gasteiger partial charge in [0.05, 0.1) is 0 Å². The molecule has 0 saturated carbocycles. The van der Waals surface area contributed by atoms with Crippen LogP contribution >= 0.6 is 0 Å². The molecule has 0 aliphatic heterocycles. The fourth-order valence-electron chi connectivity index (χ4n) is 3.42. The number of primary amides is 2. The van der Waals surface area contributed by atoms with Crippen LogP contribution in [-0.4, -0.2) is 11.8 Å². The summed E-state index contributed by atoms with van der Waals surface area (Å²) in [5, 5.41) is 0. The van der Waals surface area contributed by atoms with Crippen LogP contribution < -0.4 is 11.5 Å². The first-order valence-electron chi connectivity index (χ1n) is 9.38. The van der Waals surface area contributed by atoms with Crippen molar-refractivity contribution in [1.82, 2.24) is 0 Å². The number of aryl methyl sites for hydroxylation is 4. The molecule has 3 aromatic carbocycles. The van der Waals surface area contributed by atoms with Crippen molar-refractivity contribution >= 4 is 11.8 Å². The number of carbonyl (C=O) groups is 2. The highest BCUT2D eigenvalue weighted by molar-refractivity contribution is 6.00. The van der Waals surface area contributed by atoms with Crippen molar-refractivity contribution in [2.24, 2.45) is 11.5 Å². The molecule has 0 aliphatic carbocycles. The molecule has 3 rings (SSSR count). The molecule has 0 aromatic heterocycles. The van der Waals surface area contributed by atoms with Crippen LogP contribution in [0.5, 0.6) is 0 Å². The molecule has 0 saturated heterocycles. The van der Waals surface area contributed by atoms with Gasteiger partial charge in [-0.1, -0.05) is 66.7 Å². The third kappa shape index (κ3) is 4.86. The van der Waals surface area contributed by atoms with Gasteiger partial charge in [-0.15, -0.1) is 0 Å². The zero-order valence-corrected chi connectivity index (χ0v) is 15.7. The van der Waals surface area contributed by atoms with Crippen LogP contribution in [0.1, 0.15) is 43.0 Å². The summed E-state index contributed by atoms with van der Waals surface area (Å²) in [5.74, 6) is -1.08. The summed E-state index contributed by atoms with van der Waals surface area (Å²) in [6.45, 7) is 0. The van der Waals surface area contributed by atoms with Crippen LogP contribution in [0.2, 0.25) is 0 Å². The highest BCUT2D eigenvalue weighted by Crippen LogP contribution is 2.21. The standard InChI is InChI=1S/C24H24N2O2/c25-23(27)21-16-22(24(26)28)20(14-12-18-9-5-2-6-10-18)15-19(21)13-11-17-7-3-1-4-8-17/h1-10,15-16H,11-14H2,(H2,25,27)(H2,26,28). The Balaban J connectivity index is 1.90. The number of nitrogens with two attached hydrogens (primary N) is 2. The third-order valence-electron chi connectivity index (χ3n) is 4.91. The van der Waals surface area contributed by atoms with E-state index in [0.29, 0.717) is 24.0 Å². The average Bonchev–Trinajstić information content (AvgIpc) is 2.71. The molecule has 0 atom stereocenters. The van der Waals surface area contributed by atoms with Crippen molar-refractivity contribution in [2.45, 2.75) is 25.7 Å². The van der Waals surface area contributed by atoms with Crippen LogP contribution in [0.4, 0.5) is 0 Å². The second-order valence-electron chi connectivity index (χ2n) is 6.87. The molecule has 0 radical (unpaired) electrons. The molecule has 0 spiro atoms. The van der Waals surface area contributed by atoms with E-state index in [1.165, 1.54) is 11.1 Å². The minimum Gasteiger partial charge on any atom is -0.366 e. The zero-order valence-electron chi connectivity index (χ0n) is 15.7. The van der Waals surface area contributed by atoms with E-state index in [1.807, 2.05) is 42.5 Å². The van der Waals surface area contributed by atoms with Crippen molar-refractivity contribution in [3.63, 3.8) is 0 Å². The van der Waals surface area contributed by atoms with Gasteiger partial charge >= 0.3 is 0 Å². The summed E-state index contributed by atoms with van der Waals surface area (Å²) in [4.78, 5) is 23.9. The molecular formula is C24H24N2O2. The normalized spacial score (nSPS) is 10.6. The molecule has 3 aromatic rings. The van der Waals surface area contributed by atoms with Crippen LogP contribution in [-0.2, 0) is 25.7 Å². The van der Waals surface area contributed by atoms with Crippen molar-refractivity contribution < 1.29 is 9.59 Å². The maximum atomic E-state index is 12.0. The Morgan fingerprint density at radius 1 is 0.571 bits per heavy atom. The summed E-state index contributed by atoms with van der Waals surface area (Å²) in [6.07, 6.45) is 2.91. The monoisotopic (exact) mass is 372 g/mol. The lowest BCUT2D eigenvalue weighted by Gasteiger charge is -2.14. The lowest BCUT2D eigenvalue weighted by Crippen LogP contribution is -2.20. The van der Waals surface area contributed by atoms with E-state index in [1.54, 1.807) is 6.07 Å². The molecule has 28 heavy (non-hydrogen) atoms. The van der Waals surface area contributed by atoms with Crippen molar-refractivity contribution in [2.75, 3.05) is 0 Å². The van der Waals surface area contributed by atoms with E-state index >= 15 is 0 Å². The second kappa shape index (κ2) is 9.00. The molecule has 0 unspecified atom stereocenters. The Bertz CT molecular complexity index is 890. The van der Waals surface area contributed by atoms with Gasteiger partial charge < -0.3 is 11.5 Å². The fourth-order valence-corrected chi connectivity index (χ4v) is 3.42. The Labute approximate surface area is 165 Å². The number of rotatable bonds is 8. The van der Waals surface area contributed by atoms with Gasteiger partial charge in [0, 0.05) is 11.1 Å². The molecule has 0 fully saturated rings. The fraction of sp³-hybridized carbons (Fsp3) is 0.167. The molecule has 4 N–H and O–H groups in total. The van der Waals surface area contributed by atoms with E-state index in [2.05, 4.69) is 24.3 Å². The van der Waals surface area contributed by atoms with Crippen LogP contribution in [0.25, 0.3) is 0 Å². The highest BCUT2D eigenvalue weighted by Gasteiger charge is 2.17. The molecular weight excluding hydrogens is 348 g/mol. The summed E-state index contributed by atoms with van der Waals surface area (Å²) < 4.78 is 0. The van der Waals surface area contributed by atoms with E-state index in [-0.39, 0.29) is 0 Å². The Hall–Kier alpha value is -3.40. The Morgan fingerprint density at radius 2 is 0.964 bits per heavy atom. The van der Waals surface area contributed by atoms with Crippen LogP contribution in [0, 0.1) is 0 Å². The van der Waals surface area contributed by atoms with E-state index in [4.69, 9.17) is 11.5 Å². The average molecular weight is 372 g/mol. The summed E-state index contributed by atoms with van der Waals surface area (Å²) in [6, 6.07) is 23.6. The number of benzene rings is 3. The molecule has 0 aliphatic rings. The van der Waals surface area contributed by atoms with E-state index < -0.39 is 11.8 Å². The third-order valence-corrected chi connectivity index (χ3v) is 4.91. The van der Waals surface area contributed by atoms with Crippen LogP contribution in [0.3, 0.4) is 0 Å². The molecule has 2 amide bonds. The minimum atomic E-state index is -0.542. The topological polar surface area (TPSA) is 86.2 Å². The quantitative estimate of drug-likeness (QED) is 0.634. The maximum absolute atomic E-state index is 12.0. The van der Waals surface area contributed by atoms with Gasteiger partial charge in [0.2, 0.25) is 11.8 Å². The van der Waals surface area contributed by atoms with Gasteiger partial charge in [-0.3, -0.25) is 9.59 Å². The van der Waals surface area contributed by atoms with Gasteiger partial charge in [-0.25, -0.2) is 0 Å². The smallest absolute Gasteiger partial charge is 0.249 e. The molecule has 0 bridgehead atoms. The van der Waals surface area contributed by atoms with Gasteiger partial charge in [0.25, 0.3) is 0 Å². The van der Waals surface area contributed by atoms with Gasteiger partial charge in [0.15, 0.2) is 0 Å². The van der Waals surface area contributed by atoms with Gasteiger partial charge in [0.1, 0.15) is 0 Å². The van der Waals surface area contributed by atoms with Crippen LogP contribution in [0.15, 0.2) is 72.8 Å². The molecule has 4 nitrogen and oxygen atoms in total. The molecule has 0 heterocycles.